The van der Waals surface area contributed by atoms with Crippen LogP contribution in [0.15, 0.2) is 18.3 Å². The van der Waals surface area contributed by atoms with E-state index in [4.69, 9.17) is 11.6 Å². The van der Waals surface area contributed by atoms with Crippen LogP contribution in [-0.2, 0) is 0 Å². The summed E-state index contributed by atoms with van der Waals surface area (Å²) >= 11 is 5.47. The zero-order valence-corrected chi connectivity index (χ0v) is 8.17. The van der Waals surface area contributed by atoms with Gasteiger partial charge >= 0.3 is 0 Å². The minimum atomic E-state index is -0.741. The highest BCUT2D eigenvalue weighted by Gasteiger charge is 2.01. The van der Waals surface area contributed by atoms with Gasteiger partial charge in [-0.2, -0.15) is 4.39 Å². The van der Waals surface area contributed by atoms with Crippen LogP contribution < -0.4 is 0 Å². The normalized spacial score (nSPS) is 10.7. The third-order valence-corrected chi connectivity index (χ3v) is 1.82. The molecule has 0 fully saturated rings. The molecule has 0 amide bonds. The Hall–Kier alpha value is -1.22. The van der Waals surface area contributed by atoms with E-state index in [0.717, 1.165) is 6.42 Å². The Morgan fingerprint density at radius 2 is 2.36 bits per heavy atom. The lowest BCUT2D eigenvalue weighted by molar-refractivity contribution is 0.111. The van der Waals surface area contributed by atoms with Crippen LogP contribution >= 0.6 is 11.6 Å². The largest absolute Gasteiger partial charge is 0.298 e. The number of carbonyl (C=O) groups is 1. The van der Waals surface area contributed by atoms with Crippen LogP contribution in [0.5, 0.6) is 0 Å². The number of nitrogens with zero attached hydrogens (tertiary/aromatic N) is 1. The molecule has 0 bridgehead atoms. The van der Waals surface area contributed by atoms with Gasteiger partial charge in [-0.05, 0) is 18.1 Å². The monoisotopic (exact) mass is 213 g/mol. The van der Waals surface area contributed by atoms with E-state index in [1.54, 1.807) is 6.08 Å². The van der Waals surface area contributed by atoms with E-state index in [1.165, 1.54) is 12.3 Å². The highest BCUT2D eigenvalue weighted by molar-refractivity contribution is 6.17. The molecule has 74 valence electrons. The molecule has 0 spiro atoms. The molecule has 0 aliphatic carbocycles. The van der Waals surface area contributed by atoms with E-state index >= 15 is 0 Å². The van der Waals surface area contributed by atoms with Crippen molar-refractivity contribution in [1.82, 2.24) is 4.98 Å². The number of hydrogen-bond donors (Lipinski definition) is 0. The number of rotatable bonds is 4. The second-order valence-electron chi connectivity index (χ2n) is 2.65. The van der Waals surface area contributed by atoms with Crippen LogP contribution in [0.4, 0.5) is 4.39 Å². The second kappa shape index (κ2) is 5.50. The van der Waals surface area contributed by atoms with Crippen molar-refractivity contribution in [2.45, 2.75) is 6.42 Å². The summed E-state index contributed by atoms with van der Waals surface area (Å²) < 4.78 is 12.8. The Kier molecular flexibility index (Phi) is 4.26. The number of aromatic nitrogens is 1. The molecule has 2 nitrogen and oxygen atoms in total. The number of allylic oxidation sites excluding steroid dienone is 1. The number of carbonyl (C=O) groups excluding carboxylic acids is 1. The molecule has 0 radical (unpaired) electrons. The zero-order valence-electron chi connectivity index (χ0n) is 7.41. The van der Waals surface area contributed by atoms with Gasteiger partial charge in [-0.25, -0.2) is 4.98 Å². The van der Waals surface area contributed by atoms with Gasteiger partial charge in [0.15, 0.2) is 6.29 Å². The van der Waals surface area contributed by atoms with E-state index < -0.39 is 5.95 Å². The van der Waals surface area contributed by atoms with Crippen LogP contribution in [-0.4, -0.2) is 17.2 Å². The first-order valence-electron chi connectivity index (χ1n) is 4.11. The maximum atomic E-state index is 12.8. The molecule has 0 saturated heterocycles. The molecule has 1 rings (SSSR count). The van der Waals surface area contributed by atoms with Gasteiger partial charge in [-0.1, -0.05) is 12.2 Å². The van der Waals surface area contributed by atoms with Gasteiger partial charge in [0, 0.05) is 12.1 Å². The molecule has 0 aliphatic rings. The highest BCUT2D eigenvalue weighted by atomic mass is 35.5. The molecular weight excluding hydrogens is 205 g/mol. The number of aldehydes is 1. The Labute approximate surface area is 86.4 Å². The van der Waals surface area contributed by atoms with E-state index in [0.29, 0.717) is 17.7 Å². The quantitative estimate of drug-likeness (QED) is 0.437. The Bertz CT molecular complexity index is 352. The molecule has 0 aliphatic heterocycles. The van der Waals surface area contributed by atoms with Crippen molar-refractivity contribution in [3.63, 3.8) is 0 Å². The predicted molar refractivity (Wildman–Crippen MR) is 54.0 cm³/mol. The van der Waals surface area contributed by atoms with Gasteiger partial charge in [0.2, 0.25) is 5.95 Å². The number of pyridine rings is 1. The Morgan fingerprint density at radius 1 is 1.57 bits per heavy atom. The van der Waals surface area contributed by atoms with Crippen molar-refractivity contribution < 1.29 is 9.18 Å². The molecule has 0 N–H and O–H groups in total. The van der Waals surface area contributed by atoms with Crippen LogP contribution in [0, 0.1) is 5.95 Å². The van der Waals surface area contributed by atoms with Crippen molar-refractivity contribution in [2.75, 3.05) is 5.88 Å². The van der Waals surface area contributed by atoms with Crippen molar-refractivity contribution >= 4 is 24.0 Å². The molecule has 14 heavy (non-hydrogen) atoms. The molecular formula is C10H9ClFNO. The molecule has 4 heteroatoms. The van der Waals surface area contributed by atoms with Crippen LogP contribution in [0.25, 0.3) is 6.08 Å². The van der Waals surface area contributed by atoms with Gasteiger partial charge < -0.3 is 0 Å². The second-order valence-corrected chi connectivity index (χ2v) is 3.02. The van der Waals surface area contributed by atoms with E-state index in [1.807, 2.05) is 6.08 Å². The molecule has 0 atom stereocenters. The minimum absolute atomic E-state index is 0.0296. The van der Waals surface area contributed by atoms with Gasteiger partial charge in [0.05, 0.1) is 5.56 Å². The van der Waals surface area contributed by atoms with Crippen molar-refractivity contribution in [2.24, 2.45) is 0 Å². The summed E-state index contributed by atoms with van der Waals surface area (Å²) in [6, 6.07) is 1.44. The summed E-state index contributed by atoms with van der Waals surface area (Å²) in [5.74, 6) is -0.208. The zero-order chi connectivity index (χ0) is 10.4. The van der Waals surface area contributed by atoms with Gasteiger partial charge in [-0.15, -0.1) is 11.6 Å². The van der Waals surface area contributed by atoms with Crippen LogP contribution in [0.1, 0.15) is 22.3 Å². The molecule has 0 unspecified atom stereocenters. The van der Waals surface area contributed by atoms with E-state index in [9.17, 15) is 9.18 Å². The van der Waals surface area contributed by atoms with Crippen molar-refractivity contribution in [1.29, 1.82) is 0 Å². The fourth-order valence-corrected chi connectivity index (χ4v) is 1.06. The summed E-state index contributed by atoms with van der Waals surface area (Å²) in [5, 5.41) is 0. The van der Waals surface area contributed by atoms with Crippen molar-refractivity contribution in [3.8, 4) is 0 Å². The maximum absolute atomic E-state index is 12.8. The summed E-state index contributed by atoms with van der Waals surface area (Å²) in [6.07, 6.45) is 6.14. The standard InChI is InChI=1S/C10H9ClFNO/c11-4-2-1-3-8-5-9(7-14)10(12)13-6-8/h1,3,5-7H,2,4H2. The minimum Gasteiger partial charge on any atom is -0.298 e. The van der Waals surface area contributed by atoms with Gasteiger partial charge in [0.25, 0.3) is 0 Å². The van der Waals surface area contributed by atoms with Gasteiger partial charge in [0.1, 0.15) is 0 Å². The number of hydrogen-bond acceptors (Lipinski definition) is 2. The Morgan fingerprint density at radius 3 is 3.00 bits per heavy atom. The fraction of sp³-hybridized carbons (Fsp3) is 0.200. The summed E-state index contributed by atoms with van der Waals surface area (Å²) in [7, 11) is 0. The summed E-state index contributed by atoms with van der Waals surface area (Å²) in [6.45, 7) is 0. The highest BCUT2D eigenvalue weighted by Crippen LogP contribution is 2.07. The van der Waals surface area contributed by atoms with Crippen molar-refractivity contribution in [3.05, 3.63) is 35.4 Å². The van der Waals surface area contributed by atoms with E-state index in [2.05, 4.69) is 4.98 Å². The number of alkyl halides is 1. The van der Waals surface area contributed by atoms with Crippen LogP contribution in [0.2, 0.25) is 0 Å². The lowest BCUT2D eigenvalue weighted by Crippen LogP contribution is -1.92. The average molecular weight is 214 g/mol. The summed E-state index contributed by atoms with van der Waals surface area (Å²) in [5.41, 5.74) is 0.664. The first-order valence-corrected chi connectivity index (χ1v) is 4.64. The third-order valence-electron chi connectivity index (χ3n) is 1.60. The number of halogens is 2. The van der Waals surface area contributed by atoms with E-state index in [-0.39, 0.29) is 5.56 Å². The average Bonchev–Trinajstić information content (AvgIpc) is 2.21. The topological polar surface area (TPSA) is 30.0 Å². The van der Waals surface area contributed by atoms with Gasteiger partial charge in [-0.3, -0.25) is 4.79 Å². The lowest BCUT2D eigenvalue weighted by Gasteiger charge is -1.95. The SMILES string of the molecule is O=Cc1cc(C=CCCCl)cnc1F. The summed E-state index contributed by atoms with van der Waals surface area (Å²) in [4.78, 5) is 13.8. The Balaban J connectivity index is 2.84. The smallest absolute Gasteiger partial charge is 0.223 e. The first-order chi connectivity index (χ1) is 6.77. The molecule has 1 aromatic heterocycles. The maximum Gasteiger partial charge on any atom is 0.223 e. The molecule has 0 aromatic carbocycles. The predicted octanol–water partition coefficient (Wildman–Crippen LogP) is 2.68. The lowest BCUT2D eigenvalue weighted by atomic mass is 10.2. The fourth-order valence-electron chi connectivity index (χ4n) is 0.938. The third kappa shape index (κ3) is 2.92. The first kappa shape index (κ1) is 10.9. The molecule has 0 saturated carbocycles. The molecule has 1 aromatic rings. The van der Waals surface area contributed by atoms with Crippen LogP contribution in [0.3, 0.4) is 0 Å². The molecule has 1 heterocycles.